The fourth-order valence-electron chi connectivity index (χ4n) is 1.09. The molecule has 0 saturated carbocycles. The molecular formula is C8H8N2S. The van der Waals surface area contributed by atoms with E-state index < -0.39 is 0 Å². The van der Waals surface area contributed by atoms with Gasteiger partial charge in [-0.2, -0.15) is 5.10 Å². The summed E-state index contributed by atoms with van der Waals surface area (Å²) in [5.74, 6) is 0. The summed E-state index contributed by atoms with van der Waals surface area (Å²) in [6.45, 7) is 0. The zero-order valence-corrected chi connectivity index (χ0v) is 7.01. The lowest BCUT2D eigenvalue weighted by atomic mass is 10.3. The normalized spacial score (nSPS) is 10.6. The molecule has 2 aromatic rings. The summed E-state index contributed by atoms with van der Waals surface area (Å²) in [6, 6.07) is 8.18. The minimum atomic E-state index is 1.18. The molecule has 0 unspecified atom stereocenters. The van der Waals surface area contributed by atoms with Crippen molar-refractivity contribution in [3.63, 3.8) is 0 Å². The standard InChI is InChI=1S/C8H8N2S/c1-11-10-8-5-3-2-4-7(8)6-9-10/h2-6H,1H3. The summed E-state index contributed by atoms with van der Waals surface area (Å²) in [4.78, 5) is 0. The van der Waals surface area contributed by atoms with Crippen LogP contribution in [0.1, 0.15) is 0 Å². The molecule has 0 aliphatic heterocycles. The van der Waals surface area contributed by atoms with Crippen LogP contribution in [0.2, 0.25) is 0 Å². The van der Waals surface area contributed by atoms with Crippen LogP contribution in [-0.4, -0.2) is 15.4 Å². The average Bonchev–Trinajstić information content (AvgIpc) is 2.47. The molecule has 56 valence electrons. The van der Waals surface area contributed by atoms with Gasteiger partial charge in [-0.3, -0.25) is 0 Å². The first-order chi connectivity index (χ1) is 5.42. The van der Waals surface area contributed by atoms with Gasteiger partial charge in [-0.15, -0.1) is 0 Å². The van der Waals surface area contributed by atoms with Gasteiger partial charge in [0.1, 0.15) is 0 Å². The van der Waals surface area contributed by atoms with Crippen molar-refractivity contribution < 1.29 is 0 Å². The van der Waals surface area contributed by atoms with Crippen molar-refractivity contribution >= 4 is 22.9 Å². The third-order valence-corrected chi connectivity index (χ3v) is 2.25. The van der Waals surface area contributed by atoms with E-state index in [9.17, 15) is 0 Å². The van der Waals surface area contributed by atoms with Crippen molar-refractivity contribution in [3.8, 4) is 0 Å². The van der Waals surface area contributed by atoms with Crippen LogP contribution in [0.25, 0.3) is 10.9 Å². The second-order valence-electron chi connectivity index (χ2n) is 2.26. The Kier molecular flexibility index (Phi) is 1.58. The highest BCUT2D eigenvalue weighted by atomic mass is 32.2. The number of hydrogen-bond donors (Lipinski definition) is 0. The molecule has 0 N–H and O–H groups in total. The SMILES string of the molecule is CSn1ncc2ccccc21. The number of aromatic nitrogens is 2. The molecule has 0 aliphatic carbocycles. The van der Waals surface area contributed by atoms with Crippen LogP contribution >= 0.6 is 11.9 Å². The molecule has 2 nitrogen and oxygen atoms in total. The Hall–Kier alpha value is -0.960. The zero-order chi connectivity index (χ0) is 7.68. The highest BCUT2D eigenvalue weighted by Gasteiger charge is 1.97. The fourth-order valence-corrected chi connectivity index (χ4v) is 1.60. The van der Waals surface area contributed by atoms with Crippen LogP contribution in [0.3, 0.4) is 0 Å². The second-order valence-corrected chi connectivity index (χ2v) is 2.97. The van der Waals surface area contributed by atoms with Gasteiger partial charge in [0.2, 0.25) is 0 Å². The predicted molar refractivity (Wildman–Crippen MR) is 48.6 cm³/mol. The van der Waals surface area contributed by atoms with Gasteiger partial charge in [0.15, 0.2) is 0 Å². The first-order valence-corrected chi connectivity index (χ1v) is 4.57. The monoisotopic (exact) mass is 164 g/mol. The third kappa shape index (κ3) is 1.01. The Morgan fingerprint density at radius 1 is 1.36 bits per heavy atom. The van der Waals surface area contributed by atoms with Crippen molar-refractivity contribution in [2.24, 2.45) is 0 Å². The van der Waals surface area contributed by atoms with Gasteiger partial charge < -0.3 is 0 Å². The van der Waals surface area contributed by atoms with Gasteiger partial charge in [0.05, 0.1) is 11.7 Å². The number of benzene rings is 1. The quantitative estimate of drug-likeness (QED) is 0.642. The van der Waals surface area contributed by atoms with Crippen molar-refractivity contribution in [1.82, 2.24) is 9.19 Å². The van der Waals surface area contributed by atoms with E-state index in [1.165, 1.54) is 10.9 Å². The molecule has 0 atom stereocenters. The smallest absolute Gasteiger partial charge is 0.0811 e. The van der Waals surface area contributed by atoms with E-state index in [-0.39, 0.29) is 0 Å². The molecule has 3 heteroatoms. The highest BCUT2D eigenvalue weighted by molar-refractivity contribution is 7.97. The largest absolute Gasteiger partial charge is 0.206 e. The summed E-state index contributed by atoms with van der Waals surface area (Å²) < 4.78 is 1.91. The van der Waals surface area contributed by atoms with Gasteiger partial charge >= 0.3 is 0 Å². The van der Waals surface area contributed by atoms with E-state index >= 15 is 0 Å². The summed E-state index contributed by atoms with van der Waals surface area (Å²) >= 11 is 1.61. The van der Waals surface area contributed by atoms with Crippen molar-refractivity contribution in [3.05, 3.63) is 30.5 Å². The molecule has 0 radical (unpaired) electrons. The minimum Gasteiger partial charge on any atom is -0.206 e. The molecule has 0 spiro atoms. The summed E-state index contributed by atoms with van der Waals surface area (Å²) in [5.41, 5.74) is 1.18. The van der Waals surface area contributed by atoms with E-state index in [2.05, 4.69) is 17.2 Å². The van der Waals surface area contributed by atoms with Crippen LogP contribution in [0.15, 0.2) is 30.5 Å². The highest BCUT2D eigenvalue weighted by Crippen LogP contribution is 2.15. The van der Waals surface area contributed by atoms with E-state index in [4.69, 9.17) is 0 Å². The first kappa shape index (κ1) is 6.73. The molecular weight excluding hydrogens is 156 g/mol. The van der Waals surface area contributed by atoms with E-state index in [0.717, 1.165) is 0 Å². The molecule has 1 heterocycles. The summed E-state index contributed by atoms with van der Waals surface area (Å²) in [7, 11) is 0. The second kappa shape index (κ2) is 2.58. The fraction of sp³-hybridized carbons (Fsp3) is 0.125. The first-order valence-electron chi connectivity index (χ1n) is 3.39. The molecule has 0 bridgehead atoms. The zero-order valence-electron chi connectivity index (χ0n) is 6.19. The Morgan fingerprint density at radius 2 is 2.18 bits per heavy atom. The van der Waals surface area contributed by atoms with E-state index in [1.54, 1.807) is 11.9 Å². The molecule has 0 saturated heterocycles. The molecule has 0 amide bonds. The molecule has 1 aromatic heterocycles. The van der Waals surface area contributed by atoms with Crippen LogP contribution in [-0.2, 0) is 0 Å². The Labute approximate surface area is 69.3 Å². The molecule has 1 aromatic carbocycles. The van der Waals surface area contributed by atoms with Crippen LogP contribution in [0.4, 0.5) is 0 Å². The summed E-state index contributed by atoms with van der Waals surface area (Å²) in [6.07, 6.45) is 3.89. The maximum atomic E-state index is 4.19. The van der Waals surface area contributed by atoms with Gasteiger partial charge in [0.25, 0.3) is 0 Å². The Morgan fingerprint density at radius 3 is 3.00 bits per heavy atom. The maximum absolute atomic E-state index is 4.19. The van der Waals surface area contributed by atoms with Crippen molar-refractivity contribution in [1.29, 1.82) is 0 Å². The van der Waals surface area contributed by atoms with Crippen LogP contribution < -0.4 is 0 Å². The third-order valence-electron chi connectivity index (χ3n) is 1.62. The topological polar surface area (TPSA) is 17.8 Å². The molecule has 2 rings (SSSR count). The minimum absolute atomic E-state index is 1.18. The number of fused-ring (bicyclic) bond motifs is 1. The van der Waals surface area contributed by atoms with Gasteiger partial charge in [-0.25, -0.2) is 4.09 Å². The Balaban J connectivity index is 2.76. The average molecular weight is 164 g/mol. The van der Waals surface area contributed by atoms with Crippen LogP contribution in [0.5, 0.6) is 0 Å². The van der Waals surface area contributed by atoms with E-state index in [0.29, 0.717) is 0 Å². The predicted octanol–water partition coefficient (Wildman–Crippen LogP) is 2.16. The molecule has 11 heavy (non-hydrogen) atoms. The van der Waals surface area contributed by atoms with E-state index in [1.807, 2.05) is 28.7 Å². The van der Waals surface area contributed by atoms with Crippen molar-refractivity contribution in [2.45, 2.75) is 0 Å². The summed E-state index contributed by atoms with van der Waals surface area (Å²) in [5, 5.41) is 5.39. The number of nitrogens with zero attached hydrogens (tertiary/aromatic N) is 2. The lowest BCUT2D eigenvalue weighted by Crippen LogP contribution is -1.84. The molecule has 0 fully saturated rings. The number of hydrogen-bond acceptors (Lipinski definition) is 2. The van der Waals surface area contributed by atoms with Gasteiger partial charge in [-0.1, -0.05) is 18.2 Å². The Bertz CT molecular complexity index is 367. The lowest BCUT2D eigenvalue weighted by molar-refractivity contribution is 1.04. The maximum Gasteiger partial charge on any atom is 0.0811 e. The van der Waals surface area contributed by atoms with Gasteiger partial charge in [-0.05, 0) is 18.0 Å². The number of para-hydroxylation sites is 1. The van der Waals surface area contributed by atoms with Crippen LogP contribution in [0, 0.1) is 0 Å². The van der Waals surface area contributed by atoms with Crippen molar-refractivity contribution in [2.75, 3.05) is 6.26 Å². The number of rotatable bonds is 1. The van der Waals surface area contributed by atoms with Gasteiger partial charge in [0, 0.05) is 11.6 Å². The molecule has 0 aliphatic rings. The lowest BCUT2D eigenvalue weighted by Gasteiger charge is -1.94.